The Labute approximate surface area is 128 Å². The van der Waals surface area contributed by atoms with Crippen LogP contribution in [0.2, 0.25) is 0 Å². The molecule has 1 heterocycles. The first-order valence-electron chi connectivity index (χ1n) is 6.90. The van der Waals surface area contributed by atoms with E-state index in [1.165, 1.54) is 19.9 Å². The predicted molar refractivity (Wildman–Crippen MR) is 82.2 cm³/mol. The summed E-state index contributed by atoms with van der Waals surface area (Å²) >= 11 is 0. The van der Waals surface area contributed by atoms with Crippen molar-refractivity contribution in [3.8, 4) is 0 Å². The minimum atomic E-state index is -2.00. The minimum Gasteiger partial charge on any atom is -0.423 e. The van der Waals surface area contributed by atoms with Crippen molar-refractivity contribution < 1.29 is 24.2 Å². The van der Waals surface area contributed by atoms with Crippen molar-refractivity contribution >= 4 is 18.3 Å². The monoisotopic (exact) mass is 306 g/mol. The molecule has 0 spiro atoms. The molecule has 0 saturated heterocycles. The highest BCUT2D eigenvalue weighted by Gasteiger charge is 2.43. The zero-order valence-electron chi connectivity index (χ0n) is 12.7. The van der Waals surface area contributed by atoms with E-state index < -0.39 is 24.1 Å². The van der Waals surface area contributed by atoms with Crippen LogP contribution in [0.3, 0.4) is 0 Å². The fourth-order valence-electron chi connectivity index (χ4n) is 2.24. The molecule has 0 bridgehead atoms. The molecule has 1 unspecified atom stereocenters. The lowest BCUT2D eigenvalue weighted by atomic mass is 9.81. The maximum Gasteiger partial charge on any atom is 0.634 e. The van der Waals surface area contributed by atoms with E-state index >= 15 is 0 Å². The number of hydrogen-bond acceptors (Lipinski definition) is 6. The van der Waals surface area contributed by atoms with Gasteiger partial charge in [0.05, 0.1) is 11.2 Å². The van der Waals surface area contributed by atoms with Crippen LogP contribution in [0.15, 0.2) is 39.5 Å². The van der Waals surface area contributed by atoms with Crippen molar-refractivity contribution in [3.63, 3.8) is 0 Å². The fraction of sp³-hybridized carbons (Fsp3) is 0.400. The molecular weight excluding hydrogens is 287 g/mol. The number of hydrogen-bond donors (Lipinski definition) is 3. The van der Waals surface area contributed by atoms with Crippen LogP contribution in [0.4, 0.5) is 0 Å². The van der Waals surface area contributed by atoms with E-state index in [1.54, 1.807) is 31.2 Å². The highest BCUT2D eigenvalue weighted by molar-refractivity contribution is 6.32. The van der Waals surface area contributed by atoms with Crippen molar-refractivity contribution in [1.82, 2.24) is 0 Å². The third kappa shape index (κ3) is 3.56. The Morgan fingerprint density at radius 3 is 2.41 bits per heavy atom. The van der Waals surface area contributed by atoms with Crippen LogP contribution < -0.4 is 5.63 Å². The van der Waals surface area contributed by atoms with E-state index in [1.807, 2.05) is 0 Å². The van der Waals surface area contributed by atoms with Gasteiger partial charge in [-0.3, -0.25) is 0 Å². The van der Waals surface area contributed by atoms with Gasteiger partial charge < -0.3 is 24.2 Å². The van der Waals surface area contributed by atoms with E-state index in [0.29, 0.717) is 5.58 Å². The first-order chi connectivity index (χ1) is 10.1. The summed E-state index contributed by atoms with van der Waals surface area (Å²) in [6.07, 6.45) is 0.197. The largest absolute Gasteiger partial charge is 0.634 e. The Bertz CT molecular complexity index is 718. The topological polar surface area (TPSA) is 100 Å². The Morgan fingerprint density at radius 2 is 1.82 bits per heavy atom. The molecule has 22 heavy (non-hydrogen) atoms. The van der Waals surface area contributed by atoms with Crippen LogP contribution in [0.5, 0.6) is 0 Å². The fourth-order valence-corrected chi connectivity index (χ4v) is 2.24. The van der Waals surface area contributed by atoms with Gasteiger partial charge in [-0.1, -0.05) is 12.1 Å². The third-order valence-electron chi connectivity index (χ3n) is 3.89. The normalized spacial score (nSPS) is 14.8. The third-order valence-corrected chi connectivity index (χ3v) is 3.89. The van der Waals surface area contributed by atoms with Crippen molar-refractivity contribution in [2.75, 3.05) is 0 Å². The smallest absolute Gasteiger partial charge is 0.423 e. The Hall–Kier alpha value is -1.67. The lowest BCUT2D eigenvalue weighted by Crippen LogP contribution is -2.54. The van der Waals surface area contributed by atoms with Crippen molar-refractivity contribution in [2.45, 2.75) is 38.4 Å². The average molecular weight is 306 g/mol. The lowest BCUT2D eigenvalue weighted by molar-refractivity contribution is -0.119. The molecule has 2 rings (SSSR count). The highest BCUT2D eigenvalue weighted by Crippen LogP contribution is 2.31. The quantitative estimate of drug-likeness (QED) is 0.559. The van der Waals surface area contributed by atoms with Gasteiger partial charge in [0.15, 0.2) is 0 Å². The van der Waals surface area contributed by atoms with Crippen molar-refractivity contribution in [1.29, 1.82) is 0 Å². The molecule has 6 nitrogen and oxygen atoms in total. The van der Waals surface area contributed by atoms with Crippen LogP contribution in [0, 0.1) is 0 Å². The van der Waals surface area contributed by atoms with Crippen LogP contribution >= 0.6 is 0 Å². The maximum absolute atomic E-state index is 11.3. The number of fused-ring (bicyclic) bond motifs is 1. The summed E-state index contributed by atoms with van der Waals surface area (Å²) in [7, 11) is -2.00. The lowest BCUT2D eigenvalue weighted by Gasteiger charge is -2.40. The van der Waals surface area contributed by atoms with E-state index in [9.17, 15) is 9.90 Å². The second-order valence-electron chi connectivity index (χ2n) is 6.04. The van der Waals surface area contributed by atoms with Gasteiger partial charge in [0, 0.05) is 17.9 Å². The molecule has 0 radical (unpaired) electrons. The van der Waals surface area contributed by atoms with Crippen molar-refractivity contribution in [2.24, 2.45) is 0 Å². The second-order valence-corrected chi connectivity index (χ2v) is 6.04. The van der Waals surface area contributed by atoms with Gasteiger partial charge in [-0.15, -0.1) is 0 Å². The summed E-state index contributed by atoms with van der Waals surface area (Å²) in [4.78, 5) is 11.3. The second kappa shape index (κ2) is 5.85. The molecule has 1 aromatic carbocycles. The molecule has 1 atom stereocenters. The SMILES string of the molecule is CC(C)(O)C(C)(Cc1ccc2ccc(=O)oc2c1)OB(O)O. The highest BCUT2D eigenvalue weighted by atomic mass is 16.6. The standard InChI is InChI=1S/C15H19BO6/c1-14(2,18)15(3,22-16(19)20)9-10-4-5-11-6-7-13(17)21-12(11)8-10/h4-8,18-20H,9H2,1-3H3. The van der Waals surface area contributed by atoms with Crippen molar-refractivity contribution in [3.05, 3.63) is 46.3 Å². The molecule has 3 N–H and O–H groups in total. The van der Waals surface area contributed by atoms with Gasteiger partial charge in [-0.2, -0.15) is 0 Å². The van der Waals surface area contributed by atoms with Crippen LogP contribution in [-0.4, -0.2) is 33.7 Å². The van der Waals surface area contributed by atoms with Gasteiger partial charge in [-0.25, -0.2) is 4.79 Å². The summed E-state index contributed by atoms with van der Waals surface area (Å²) < 4.78 is 10.2. The number of aliphatic hydroxyl groups is 1. The molecule has 0 saturated carbocycles. The van der Waals surface area contributed by atoms with Gasteiger partial charge in [-0.05, 0) is 38.5 Å². The van der Waals surface area contributed by atoms with Crippen LogP contribution in [0.1, 0.15) is 26.3 Å². The molecule has 2 aromatic rings. The molecule has 0 aliphatic heterocycles. The Balaban J connectivity index is 2.39. The summed E-state index contributed by atoms with van der Waals surface area (Å²) in [5.41, 5.74) is -1.87. The van der Waals surface area contributed by atoms with E-state index in [4.69, 9.17) is 19.1 Å². The maximum atomic E-state index is 11.3. The predicted octanol–water partition coefficient (Wildman–Crippen LogP) is 0.851. The van der Waals surface area contributed by atoms with Gasteiger partial charge in [0.1, 0.15) is 5.58 Å². The molecule has 0 fully saturated rings. The summed E-state index contributed by atoms with van der Waals surface area (Å²) in [6, 6.07) is 8.27. The Kier molecular flexibility index (Phi) is 4.44. The van der Waals surface area contributed by atoms with E-state index in [0.717, 1.165) is 10.9 Å². The number of rotatable bonds is 5. The van der Waals surface area contributed by atoms with E-state index in [-0.39, 0.29) is 6.42 Å². The summed E-state index contributed by atoms with van der Waals surface area (Å²) in [5, 5.41) is 29.3. The first-order valence-corrected chi connectivity index (χ1v) is 6.90. The van der Waals surface area contributed by atoms with Gasteiger partial charge in [0.2, 0.25) is 0 Å². The molecular formula is C15H19BO6. The minimum absolute atomic E-state index is 0.197. The zero-order chi connectivity index (χ0) is 16.5. The molecule has 118 valence electrons. The molecule has 1 aromatic heterocycles. The van der Waals surface area contributed by atoms with Gasteiger partial charge >= 0.3 is 12.9 Å². The summed E-state index contributed by atoms with van der Waals surface area (Å²) in [6.45, 7) is 4.63. The number of benzene rings is 1. The zero-order valence-corrected chi connectivity index (χ0v) is 12.7. The van der Waals surface area contributed by atoms with E-state index in [2.05, 4.69) is 0 Å². The van der Waals surface area contributed by atoms with Crippen LogP contribution in [0.25, 0.3) is 11.0 Å². The summed E-state index contributed by atoms with van der Waals surface area (Å²) in [5.74, 6) is 0. The molecule has 7 heteroatoms. The average Bonchev–Trinajstić information content (AvgIpc) is 2.35. The first kappa shape index (κ1) is 16.7. The van der Waals surface area contributed by atoms with Gasteiger partial charge in [0.25, 0.3) is 0 Å². The Morgan fingerprint density at radius 1 is 1.18 bits per heavy atom. The van der Waals surface area contributed by atoms with Crippen LogP contribution in [-0.2, 0) is 11.1 Å². The molecule has 0 aliphatic rings. The molecule has 0 aliphatic carbocycles. The molecule has 0 amide bonds.